The lowest BCUT2D eigenvalue weighted by atomic mass is 9.81. The van der Waals surface area contributed by atoms with Gasteiger partial charge in [0, 0.05) is 24.4 Å². The minimum absolute atomic E-state index is 0.107. The minimum atomic E-state index is 0.107. The molecule has 3 aliphatic carbocycles. The van der Waals surface area contributed by atoms with E-state index in [0.717, 1.165) is 51.5 Å². The summed E-state index contributed by atoms with van der Waals surface area (Å²) in [5.74, 6) is 0.661. The number of nitrogens with one attached hydrogen (secondary N) is 2. The van der Waals surface area contributed by atoms with Gasteiger partial charge in [-0.25, -0.2) is 0 Å². The molecule has 0 aromatic rings. The maximum atomic E-state index is 12.4. The summed E-state index contributed by atoms with van der Waals surface area (Å²) in [4.78, 5) is 24.7. The molecule has 0 heterocycles. The first kappa shape index (κ1) is 18.5. The van der Waals surface area contributed by atoms with Crippen molar-refractivity contribution in [2.45, 2.75) is 89.5 Å². The molecule has 0 aromatic heterocycles. The Balaban J connectivity index is 1.32. The van der Waals surface area contributed by atoms with Gasteiger partial charge < -0.3 is 10.6 Å². The average Bonchev–Trinajstić information content (AvgIpc) is 3.15. The number of amides is 2. The van der Waals surface area contributed by atoms with Crippen molar-refractivity contribution in [2.75, 3.05) is 6.54 Å². The van der Waals surface area contributed by atoms with Crippen LogP contribution in [0.1, 0.15) is 83.5 Å². The van der Waals surface area contributed by atoms with Crippen molar-refractivity contribution < 1.29 is 9.59 Å². The molecule has 4 nitrogen and oxygen atoms in total. The van der Waals surface area contributed by atoms with Crippen LogP contribution in [-0.4, -0.2) is 24.4 Å². The maximum Gasteiger partial charge on any atom is 0.223 e. The molecule has 0 bridgehead atoms. The molecule has 0 atom stereocenters. The monoisotopic (exact) mass is 346 g/mol. The molecule has 0 saturated heterocycles. The molecule has 2 saturated carbocycles. The van der Waals surface area contributed by atoms with Crippen molar-refractivity contribution >= 4 is 11.8 Å². The van der Waals surface area contributed by atoms with E-state index in [-0.39, 0.29) is 23.7 Å². The van der Waals surface area contributed by atoms with E-state index in [1.807, 2.05) is 0 Å². The van der Waals surface area contributed by atoms with Crippen molar-refractivity contribution in [3.63, 3.8) is 0 Å². The van der Waals surface area contributed by atoms with E-state index >= 15 is 0 Å². The van der Waals surface area contributed by atoms with Gasteiger partial charge in [0.1, 0.15) is 0 Å². The first-order chi connectivity index (χ1) is 12.2. The third kappa shape index (κ3) is 5.58. The molecule has 3 rings (SSSR count). The Morgan fingerprint density at radius 2 is 1.56 bits per heavy atom. The number of allylic oxidation sites excluding steroid dienone is 1. The predicted octanol–water partition coefficient (Wildman–Crippen LogP) is 3.86. The maximum absolute atomic E-state index is 12.4. The van der Waals surface area contributed by atoms with E-state index in [2.05, 4.69) is 16.7 Å². The zero-order chi connectivity index (χ0) is 17.5. The second-order valence-electron chi connectivity index (χ2n) is 8.19. The van der Waals surface area contributed by atoms with Gasteiger partial charge in [-0.05, 0) is 70.6 Å². The Morgan fingerprint density at radius 1 is 0.880 bits per heavy atom. The normalized spacial score (nSPS) is 27.6. The third-order valence-electron chi connectivity index (χ3n) is 6.30. The van der Waals surface area contributed by atoms with Crippen molar-refractivity contribution in [3.8, 4) is 0 Å². The molecule has 2 fully saturated rings. The Kier molecular flexibility index (Phi) is 6.94. The quantitative estimate of drug-likeness (QED) is 0.718. The third-order valence-corrected chi connectivity index (χ3v) is 6.30. The van der Waals surface area contributed by atoms with E-state index in [1.54, 1.807) is 0 Å². The first-order valence-corrected chi connectivity index (χ1v) is 10.5. The first-order valence-electron chi connectivity index (χ1n) is 10.5. The van der Waals surface area contributed by atoms with Gasteiger partial charge in [-0.3, -0.25) is 9.59 Å². The number of hydrogen-bond acceptors (Lipinski definition) is 2. The Hall–Kier alpha value is -1.32. The summed E-state index contributed by atoms with van der Waals surface area (Å²) in [6, 6.07) is 0.405. The summed E-state index contributed by atoms with van der Waals surface area (Å²) >= 11 is 0. The van der Waals surface area contributed by atoms with Crippen LogP contribution in [0, 0.1) is 11.8 Å². The van der Waals surface area contributed by atoms with Gasteiger partial charge in [0.25, 0.3) is 0 Å². The zero-order valence-corrected chi connectivity index (χ0v) is 15.5. The molecule has 0 unspecified atom stereocenters. The summed E-state index contributed by atoms with van der Waals surface area (Å²) in [6.45, 7) is 0.771. The lowest BCUT2D eigenvalue weighted by Gasteiger charge is -2.28. The van der Waals surface area contributed by atoms with E-state index in [9.17, 15) is 9.59 Å². The van der Waals surface area contributed by atoms with E-state index in [0.29, 0.717) is 6.04 Å². The summed E-state index contributed by atoms with van der Waals surface area (Å²) in [7, 11) is 0. The fourth-order valence-electron chi connectivity index (χ4n) is 4.63. The molecular weight excluding hydrogens is 312 g/mol. The van der Waals surface area contributed by atoms with Crippen LogP contribution >= 0.6 is 0 Å². The van der Waals surface area contributed by atoms with Crippen LogP contribution in [0.5, 0.6) is 0 Å². The fourth-order valence-corrected chi connectivity index (χ4v) is 4.63. The van der Waals surface area contributed by atoms with Gasteiger partial charge in [-0.1, -0.05) is 24.5 Å². The largest absolute Gasteiger partial charge is 0.356 e. The highest BCUT2D eigenvalue weighted by Gasteiger charge is 2.31. The average molecular weight is 347 g/mol. The lowest BCUT2D eigenvalue weighted by Crippen LogP contribution is -2.40. The number of rotatable bonds is 6. The molecular formula is C21H34N2O2. The van der Waals surface area contributed by atoms with Crippen LogP contribution in [0.25, 0.3) is 0 Å². The molecule has 0 spiro atoms. The van der Waals surface area contributed by atoms with Crippen molar-refractivity contribution in [1.82, 2.24) is 10.6 Å². The molecule has 4 heteroatoms. The Morgan fingerprint density at radius 3 is 2.20 bits per heavy atom. The van der Waals surface area contributed by atoms with Crippen molar-refractivity contribution in [3.05, 3.63) is 11.6 Å². The van der Waals surface area contributed by atoms with E-state index in [4.69, 9.17) is 0 Å². The topological polar surface area (TPSA) is 58.2 Å². The Labute approximate surface area is 152 Å². The molecule has 140 valence electrons. The molecule has 3 aliphatic rings. The van der Waals surface area contributed by atoms with Gasteiger partial charge >= 0.3 is 0 Å². The second-order valence-corrected chi connectivity index (χ2v) is 8.19. The van der Waals surface area contributed by atoms with Gasteiger partial charge in [-0.15, -0.1) is 0 Å². The van der Waals surface area contributed by atoms with Crippen LogP contribution in [0.2, 0.25) is 0 Å². The van der Waals surface area contributed by atoms with Crippen LogP contribution in [0.4, 0.5) is 0 Å². The zero-order valence-electron chi connectivity index (χ0n) is 15.5. The minimum Gasteiger partial charge on any atom is -0.356 e. The number of hydrogen-bond donors (Lipinski definition) is 2. The predicted molar refractivity (Wildman–Crippen MR) is 100 cm³/mol. The lowest BCUT2D eigenvalue weighted by molar-refractivity contribution is -0.130. The highest BCUT2D eigenvalue weighted by molar-refractivity contribution is 5.81. The van der Waals surface area contributed by atoms with E-state index in [1.165, 1.54) is 44.1 Å². The summed E-state index contributed by atoms with van der Waals surface area (Å²) in [6.07, 6.45) is 16.6. The summed E-state index contributed by atoms with van der Waals surface area (Å²) < 4.78 is 0. The smallest absolute Gasteiger partial charge is 0.223 e. The number of carbonyl (C=O) groups excluding carboxylic acids is 2. The summed E-state index contributed by atoms with van der Waals surface area (Å²) in [5, 5.41) is 6.34. The van der Waals surface area contributed by atoms with Gasteiger partial charge in [0.15, 0.2) is 0 Å². The molecule has 2 N–H and O–H groups in total. The van der Waals surface area contributed by atoms with Crippen LogP contribution in [0.3, 0.4) is 0 Å². The van der Waals surface area contributed by atoms with Gasteiger partial charge in [0.2, 0.25) is 11.8 Å². The van der Waals surface area contributed by atoms with Crippen LogP contribution in [-0.2, 0) is 9.59 Å². The fraction of sp³-hybridized carbons (Fsp3) is 0.810. The SMILES string of the molecule is O=C(NCCC1=CCCCC1)C1CCC(C(=O)NC2CCCC2)CC1. The van der Waals surface area contributed by atoms with Crippen LogP contribution < -0.4 is 10.6 Å². The van der Waals surface area contributed by atoms with E-state index < -0.39 is 0 Å². The number of carbonyl (C=O) groups is 2. The molecule has 0 aromatic carbocycles. The summed E-state index contributed by atoms with van der Waals surface area (Å²) in [5.41, 5.74) is 1.51. The molecule has 2 amide bonds. The highest BCUT2D eigenvalue weighted by atomic mass is 16.2. The van der Waals surface area contributed by atoms with Gasteiger partial charge in [0.05, 0.1) is 0 Å². The van der Waals surface area contributed by atoms with Crippen molar-refractivity contribution in [1.29, 1.82) is 0 Å². The molecule has 0 radical (unpaired) electrons. The second kappa shape index (κ2) is 9.40. The highest BCUT2D eigenvalue weighted by Crippen LogP contribution is 2.30. The van der Waals surface area contributed by atoms with Crippen molar-refractivity contribution in [2.24, 2.45) is 11.8 Å². The standard InChI is InChI=1S/C21H34N2O2/c24-20(22-15-14-16-6-2-1-3-7-16)17-10-12-18(13-11-17)21(25)23-19-8-4-5-9-19/h6,17-19H,1-5,7-15H2,(H,22,24)(H,23,25). The van der Waals surface area contributed by atoms with Crippen LogP contribution in [0.15, 0.2) is 11.6 Å². The Bertz CT molecular complexity index is 486. The molecule has 0 aliphatic heterocycles. The van der Waals surface area contributed by atoms with Gasteiger partial charge in [-0.2, -0.15) is 0 Å². The molecule has 25 heavy (non-hydrogen) atoms.